The summed E-state index contributed by atoms with van der Waals surface area (Å²) in [5, 5.41) is 3.31. The minimum absolute atomic E-state index is 0.460. The quantitative estimate of drug-likeness (QED) is 0.760. The Morgan fingerprint density at radius 1 is 1.43 bits per heavy atom. The number of hydrogen-bond donors (Lipinski definition) is 1. The topological polar surface area (TPSA) is 21.3 Å². The molecule has 0 heterocycles. The lowest BCUT2D eigenvalue weighted by Gasteiger charge is -2.13. The molecule has 0 aliphatic heterocycles. The molecular formula is C11H16ClNO. The number of hydrogen-bond acceptors (Lipinski definition) is 2. The molecule has 0 amide bonds. The van der Waals surface area contributed by atoms with E-state index in [1.165, 1.54) is 0 Å². The van der Waals surface area contributed by atoms with Crippen molar-refractivity contribution in [3.05, 3.63) is 24.3 Å². The molecule has 0 aromatic heterocycles. The third-order valence-electron chi connectivity index (χ3n) is 2.01. The number of rotatable bonds is 5. The number of halogens is 1. The first-order chi connectivity index (χ1) is 6.77. The smallest absolute Gasteiger partial charge is 0.141 e. The van der Waals surface area contributed by atoms with Crippen LogP contribution >= 0.6 is 11.6 Å². The summed E-state index contributed by atoms with van der Waals surface area (Å²) in [6.07, 6.45) is 0. The molecule has 1 aromatic rings. The highest BCUT2D eigenvalue weighted by Crippen LogP contribution is 2.23. The maximum atomic E-state index is 5.72. The Hall–Kier alpha value is -0.890. The predicted octanol–water partition coefficient (Wildman–Crippen LogP) is 2.98. The molecule has 0 saturated heterocycles. The number of alkyl halides is 1. The van der Waals surface area contributed by atoms with Crippen LogP contribution in [-0.2, 0) is 0 Å². The summed E-state index contributed by atoms with van der Waals surface area (Å²) in [5.41, 5.74) is 1.02. The molecule has 1 aromatic carbocycles. The van der Waals surface area contributed by atoms with Gasteiger partial charge in [-0.25, -0.2) is 0 Å². The van der Waals surface area contributed by atoms with Crippen LogP contribution in [0, 0.1) is 5.92 Å². The minimum atomic E-state index is 0.460. The molecule has 1 N–H and O–H groups in total. The summed E-state index contributed by atoms with van der Waals surface area (Å²) < 4.78 is 5.22. The largest absolute Gasteiger partial charge is 0.495 e. The molecular weight excluding hydrogens is 198 g/mol. The van der Waals surface area contributed by atoms with Gasteiger partial charge in [-0.3, -0.25) is 0 Å². The Balaban J connectivity index is 2.57. The molecule has 0 radical (unpaired) electrons. The van der Waals surface area contributed by atoms with Gasteiger partial charge in [-0.05, 0) is 18.1 Å². The van der Waals surface area contributed by atoms with Gasteiger partial charge in [0.2, 0.25) is 0 Å². The molecule has 1 atom stereocenters. The van der Waals surface area contributed by atoms with E-state index in [1.54, 1.807) is 7.11 Å². The minimum Gasteiger partial charge on any atom is -0.495 e. The Kier molecular flexibility index (Phi) is 4.60. The standard InChI is InChI=1S/C11H16ClNO/c1-9(7-12)8-13-10-5-3-4-6-11(10)14-2/h3-6,9,13H,7-8H2,1-2H3. The number of ether oxygens (including phenoxy) is 1. The number of nitrogens with one attached hydrogen (secondary N) is 1. The van der Waals surface area contributed by atoms with Crippen LogP contribution in [0.3, 0.4) is 0 Å². The van der Waals surface area contributed by atoms with E-state index in [0.29, 0.717) is 11.8 Å². The predicted molar refractivity (Wildman–Crippen MR) is 61.4 cm³/mol. The lowest BCUT2D eigenvalue weighted by Crippen LogP contribution is -2.12. The normalized spacial score (nSPS) is 12.2. The fourth-order valence-electron chi connectivity index (χ4n) is 1.13. The second kappa shape index (κ2) is 5.76. The molecule has 78 valence electrons. The van der Waals surface area contributed by atoms with Crippen LogP contribution < -0.4 is 10.1 Å². The number of methoxy groups -OCH3 is 1. The molecule has 0 saturated carbocycles. The van der Waals surface area contributed by atoms with Gasteiger partial charge < -0.3 is 10.1 Å². The van der Waals surface area contributed by atoms with Crippen molar-refractivity contribution in [3.63, 3.8) is 0 Å². The molecule has 0 fully saturated rings. The first-order valence-corrected chi connectivity index (χ1v) is 5.24. The first-order valence-electron chi connectivity index (χ1n) is 4.70. The van der Waals surface area contributed by atoms with Crippen molar-refractivity contribution in [2.24, 2.45) is 5.92 Å². The molecule has 0 aliphatic rings. The van der Waals surface area contributed by atoms with Crippen molar-refractivity contribution in [2.45, 2.75) is 6.92 Å². The molecule has 1 unspecified atom stereocenters. The van der Waals surface area contributed by atoms with E-state index in [-0.39, 0.29) is 0 Å². The summed E-state index contributed by atoms with van der Waals surface area (Å²) >= 11 is 5.72. The Morgan fingerprint density at radius 2 is 2.14 bits per heavy atom. The third kappa shape index (κ3) is 3.11. The first kappa shape index (κ1) is 11.2. The average Bonchev–Trinajstić information content (AvgIpc) is 2.26. The number of para-hydroxylation sites is 2. The van der Waals surface area contributed by atoms with Gasteiger partial charge in [0.05, 0.1) is 12.8 Å². The Morgan fingerprint density at radius 3 is 2.79 bits per heavy atom. The van der Waals surface area contributed by atoms with Gasteiger partial charge in [0, 0.05) is 12.4 Å². The van der Waals surface area contributed by atoms with Crippen molar-refractivity contribution in [1.29, 1.82) is 0 Å². The van der Waals surface area contributed by atoms with E-state index < -0.39 is 0 Å². The fraction of sp³-hybridized carbons (Fsp3) is 0.455. The number of benzene rings is 1. The van der Waals surface area contributed by atoms with Crippen LogP contribution in [0.15, 0.2) is 24.3 Å². The molecule has 0 bridgehead atoms. The summed E-state index contributed by atoms with van der Waals surface area (Å²) in [5.74, 6) is 2.00. The SMILES string of the molecule is COc1ccccc1NCC(C)CCl. The zero-order valence-corrected chi connectivity index (χ0v) is 9.34. The Labute approximate surface area is 90.2 Å². The fourth-order valence-corrected chi connectivity index (χ4v) is 1.24. The third-order valence-corrected chi connectivity index (χ3v) is 2.54. The summed E-state index contributed by atoms with van der Waals surface area (Å²) in [7, 11) is 1.67. The van der Waals surface area contributed by atoms with Crippen LogP contribution in [0.25, 0.3) is 0 Å². The molecule has 2 nitrogen and oxygen atoms in total. The van der Waals surface area contributed by atoms with Crippen molar-refractivity contribution in [3.8, 4) is 5.75 Å². The molecule has 0 spiro atoms. The highest BCUT2D eigenvalue weighted by atomic mass is 35.5. The van der Waals surface area contributed by atoms with Gasteiger partial charge in [-0.1, -0.05) is 19.1 Å². The van der Waals surface area contributed by atoms with Crippen molar-refractivity contribution < 1.29 is 4.74 Å². The van der Waals surface area contributed by atoms with Crippen LogP contribution in [0.2, 0.25) is 0 Å². The van der Waals surface area contributed by atoms with Crippen molar-refractivity contribution >= 4 is 17.3 Å². The van der Waals surface area contributed by atoms with E-state index in [9.17, 15) is 0 Å². The summed E-state index contributed by atoms with van der Waals surface area (Å²) in [6, 6.07) is 7.87. The molecule has 3 heteroatoms. The second-order valence-electron chi connectivity index (χ2n) is 3.34. The zero-order chi connectivity index (χ0) is 10.4. The van der Waals surface area contributed by atoms with Crippen LogP contribution in [-0.4, -0.2) is 19.5 Å². The van der Waals surface area contributed by atoms with Gasteiger partial charge >= 0.3 is 0 Å². The van der Waals surface area contributed by atoms with E-state index in [1.807, 2.05) is 24.3 Å². The summed E-state index contributed by atoms with van der Waals surface area (Å²) in [4.78, 5) is 0. The van der Waals surface area contributed by atoms with Gasteiger partial charge in [0.15, 0.2) is 0 Å². The van der Waals surface area contributed by atoms with Crippen LogP contribution in [0.5, 0.6) is 5.75 Å². The van der Waals surface area contributed by atoms with Crippen molar-refractivity contribution in [1.82, 2.24) is 0 Å². The molecule has 0 aliphatic carbocycles. The van der Waals surface area contributed by atoms with Crippen LogP contribution in [0.1, 0.15) is 6.92 Å². The van der Waals surface area contributed by atoms with E-state index in [0.717, 1.165) is 18.0 Å². The molecule has 14 heavy (non-hydrogen) atoms. The maximum absolute atomic E-state index is 5.72. The van der Waals surface area contributed by atoms with E-state index in [2.05, 4.69) is 12.2 Å². The average molecular weight is 214 g/mol. The van der Waals surface area contributed by atoms with Gasteiger partial charge in [-0.15, -0.1) is 11.6 Å². The Bertz CT molecular complexity index is 278. The number of anilines is 1. The van der Waals surface area contributed by atoms with Gasteiger partial charge in [-0.2, -0.15) is 0 Å². The second-order valence-corrected chi connectivity index (χ2v) is 3.65. The zero-order valence-electron chi connectivity index (χ0n) is 8.59. The van der Waals surface area contributed by atoms with Crippen LogP contribution in [0.4, 0.5) is 5.69 Å². The maximum Gasteiger partial charge on any atom is 0.141 e. The van der Waals surface area contributed by atoms with Gasteiger partial charge in [0.25, 0.3) is 0 Å². The van der Waals surface area contributed by atoms with E-state index in [4.69, 9.17) is 16.3 Å². The monoisotopic (exact) mass is 213 g/mol. The molecule has 1 rings (SSSR count). The van der Waals surface area contributed by atoms with Crippen molar-refractivity contribution in [2.75, 3.05) is 24.9 Å². The lowest BCUT2D eigenvalue weighted by molar-refractivity contribution is 0.416. The lowest BCUT2D eigenvalue weighted by atomic mass is 10.2. The van der Waals surface area contributed by atoms with Gasteiger partial charge in [0.1, 0.15) is 5.75 Å². The summed E-state index contributed by atoms with van der Waals surface area (Å²) in [6.45, 7) is 2.97. The highest BCUT2D eigenvalue weighted by Gasteiger charge is 2.03. The van der Waals surface area contributed by atoms with E-state index >= 15 is 0 Å². The highest BCUT2D eigenvalue weighted by molar-refractivity contribution is 6.18.